The molecular formula is C16H23ClN2S. The first-order chi connectivity index (χ1) is 9.76. The second kappa shape index (κ2) is 6.59. The molecule has 3 rings (SSSR count). The molecule has 110 valence electrons. The predicted molar refractivity (Wildman–Crippen MR) is 90.1 cm³/mol. The normalized spacial score (nSPS) is 23.1. The molecule has 1 heterocycles. The summed E-state index contributed by atoms with van der Waals surface area (Å²) in [5.41, 5.74) is 2.50. The third kappa shape index (κ3) is 3.63. The van der Waals surface area contributed by atoms with Gasteiger partial charge in [-0.25, -0.2) is 0 Å². The Morgan fingerprint density at radius 1 is 1.40 bits per heavy atom. The van der Waals surface area contributed by atoms with Crippen LogP contribution in [0.25, 0.3) is 0 Å². The lowest BCUT2D eigenvalue weighted by Gasteiger charge is -2.34. The summed E-state index contributed by atoms with van der Waals surface area (Å²) >= 11 is 8.60. The SMILES string of the molecule is CCC1CN(c2ccc(CNC3CC3)cc2Cl)CCS1. The fourth-order valence-electron chi connectivity index (χ4n) is 2.65. The minimum atomic E-state index is 0.746. The molecule has 0 bridgehead atoms. The Morgan fingerprint density at radius 3 is 2.95 bits per heavy atom. The average molecular weight is 311 g/mol. The Kier molecular flexibility index (Phi) is 4.79. The highest BCUT2D eigenvalue weighted by Crippen LogP contribution is 2.31. The summed E-state index contributed by atoms with van der Waals surface area (Å²) in [4.78, 5) is 2.45. The summed E-state index contributed by atoms with van der Waals surface area (Å²) in [6, 6.07) is 7.31. The number of benzene rings is 1. The quantitative estimate of drug-likeness (QED) is 0.887. The van der Waals surface area contributed by atoms with Crippen molar-refractivity contribution in [1.82, 2.24) is 5.32 Å². The molecule has 2 fully saturated rings. The second-order valence-electron chi connectivity index (χ2n) is 5.79. The van der Waals surface area contributed by atoms with E-state index in [2.05, 4.69) is 47.1 Å². The van der Waals surface area contributed by atoms with E-state index in [-0.39, 0.29) is 0 Å². The van der Waals surface area contributed by atoms with Crippen molar-refractivity contribution < 1.29 is 0 Å². The fourth-order valence-corrected chi connectivity index (χ4v) is 4.15. The van der Waals surface area contributed by atoms with Crippen LogP contribution in [0, 0.1) is 0 Å². The van der Waals surface area contributed by atoms with Gasteiger partial charge in [0.1, 0.15) is 0 Å². The van der Waals surface area contributed by atoms with Crippen molar-refractivity contribution in [3.63, 3.8) is 0 Å². The zero-order valence-corrected chi connectivity index (χ0v) is 13.6. The van der Waals surface area contributed by atoms with Gasteiger partial charge in [-0.2, -0.15) is 11.8 Å². The maximum Gasteiger partial charge on any atom is 0.0642 e. The van der Waals surface area contributed by atoms with Gasteiger partial charge in [-0.1, -0.05) is 24.6 Å². The van der Waals surface area contributed by atoms with Gasteiger partial charge < -0.3 is 10.2 Å². The van der Waals surface area contributed by atoms with E-state index in [1.54, 1.807) is 0 Å². The molecule has 1 saturated carbocycles. The van der Waals surface area contributed by atoms with Crippen molar-refractivity contribution in [3.8, 4) is 0 Å². The Balaban J connectivity index is 1.66. The van der Waals surface area contributed by atoms with Gasteiger partial charge in [0, 0.05) is 36.7 Å². The van der Waals surface area contributed by atoms with E-state index in [9.17, 15) is 0 Å². The number of thioether (sulfide) groups is 1. The molecule has 4 heteroatoms. The predicted octanol–water partition coefficient (Wildman–Crippen LogP) is 3.92. The van der Waals surface area contributed by atoms with Gasteiger partial charge in [-0.15, -0.1) is 0 Å². The molecule has 1 unspecified atom stereocenters. The molecule has 2 aliphatic rings. The molecule has 1 aliphatic carbocycles. The van der Waals surface area contributed by atoms with Gasteiger partial charge in [0.2, 0.25) is 0 Å². The molecular weight excluding hydrogens is 288 g/mol. The summed E-state index contributed by atoms with van der Waals surface area (Å²) in [5, 5.41) is 5.19. The first-order valence-electron chi connectivity index (χ1n) is 7.64. The van der Waals surface area contributed by atoms with E-state index in [0.29, 0.717) is 0 Å². The molecule has 0 aromatic heterocycles. The zero-order chi connectivity index (χ0) is 13.9. The number of rotatable bonds is 5. The molecule has 1 saturated heterocycles. The van der Waals surface area contributed by atoms with Crippen molar-refractivity contribution in [3.05, 3.63) is 28.8 Å². The van der Waals surface area contributed by atoms with Crippen LogP contribution >= 0.6 is 23.4 Å². The first-order valence-corrected chi connectivity index (χ1v) is 9.07. The van der Waals surface area contributed by atoms with E-state index in [0.717, 1.165) is 35.9 Å². The second-order valence-corrected chi connectivity index (χ2v) is 7.60. The maximum atomic E-state index is 6.51. The van der Waals surface area contributed by atoms with Crippen LogP contribution in [0.2, 0.25) is 5.02 Å². The maximum absolute atomic E-state index is 6.51. The number of anilines is 1. The van der Waals surface area contributed by atoms with Crippen LogP contribution in [-0.4, -0.2) is 30.1 Å². The van der Waals surface area contributed by atoms with E-state index < -0.39 is 0 Å². The van der Waals surface area contributed by atoms with Crippen LogP contribution in [0.4, 0.5) is 5.69 Å². The van der Waals surface area contributed by atoms with Gasteiger partial charge in [-0.05, 0) is 37.0 Å². The van der Waals surface area contributed by atoms with E-state index >= 15 is 0 Å². The zero-order valence-electron chi connectivity index (χ0n) is 12.1. The van der Waals surface area contributed by atoms with Gasteiger partial charge in [-0.3, -0.25) is 0 Å². The van der Waals surface area contributed by atoms with Crippen LogP contribution < -0.4 is 10.2 Å². The van der Waals surface area contributed by atoms with Gasteiger partial charge in [0.25, 0.3) is 0 Å². The lowest BCUT2D eigenvalue weighted by Crippen LogP contribution is -2.37. The molecule has 0 amide bonds. The molecule has 1 atom stereocenters. The third-order valence-corrected chi connectivity index (χ3v) is 5.79. The molecule has 20 heavy (non-hydrogen) atoms. The molecule has 1 aromatic carbocycles. The Labute approximate surface area is 131 Å². The molecule has 1 aliphatic heterocycles. The molecule has 2 nitrogen and oxygen atoms in total. The van der Waals surface area contributed by atoms with Crippen molar-refractivity contribution in [2.24, 2.45) is 0 Å². The minimum absolute atomic E-state index is 0.746. The summed E-state index contributed by atoms with van der Waals surface area (Å²) in [6.45, 7) is 5.45. The van der Waals surface area contributed by atoms with Crippen molar-refractivity contribution in [2.75, 3.05) is 23.7 Å². The van der Waals surface area contributed by atoms with Crippen molar-refractivity contribution >= 4 is 29.1 Å². The van der Waals surface area contributed by atoms with Gasteiger partial charge >= 0.3 is 0 Å². The topological polar surface area (TPSA) is 15.3 Å². The summed E-state index contributed by atoms with van der Waals surface area (Å²) in [6.07, 6.45) is 3.90. The average Bonchev–Trinajstić information content (AvgIpc) is 3.29. The summed E-state index contributed by atoms with van der Waals surface area (Å²) in [5.74, 6) is 1.21. The molecule has 0 radical (unpaired) electrons. The highest BCUT2D eigenvalue weighted by Gasteiger charge is 2.22. The van der Waals surface area contributed by atoms with Gasteiger partial charge in [0.05, 0.1) is 10.7 Å². The lowest BCUT2D eigenvalue weighted by molar-refractivity contribution is 0.687. The molecule has 1 aromatic rings. The Bertz CT molecular complexity index is 462. The van der Waals surface area contributed by atoms with Crippen molar-refractivity contribution in [1.29, 1.82) is 0 Å². The highest BCUT2D eigenvalue weighted by atomic mass is 35.5. The number of halogens is 1. The van der Waals surface area contributed by atoms with Crippen LogP contribution in [-0.2, 0) is 6.54 Å². The number of hydrogen-bond acceptors (Lipinski definition) is 3. The Morgan fingerprint density at radius 2 is 2.25 bits per heavy atom. The van der Waals surface area contributed by atoms with Gasteiger partial charge in [0.15, 0.2) is 0 Å². The minimum Gasteiger partial charge on any atom is -0.368 e. The monoisotopic (exact) mass is 310 g/mol. The molecule has 0 spiro atoms. The summed E-state index contributed by atoms with van der Waals surface area (Å²) < 4.78 is 0. The van der Waals surface area contributed by atoms with E-state index in [1.165, 1.54) is 36.3 Å². The van der Waals surface area contributed by atoms with E-state index in [4.69, 9.17) is 11.6 Å². The van der Waals surface area contributed by atoms with E-state index in [1.807, 2.05) is 0 Å². The van der Waals surface area contributed by atoms with Crippen LogP contribution in [0.3, 0.4) is 0 Å². The largest absolute Gasteiger partial charge is 0.368 e. The Hall–Kier alpha value is -0.380. The van der Waals surface area contributed by atoms with Crippen LogP contribution in [0.1, 0.15) is 31.7 Å². The van der Waals surface area contributed by atoms with Crippen molar-refractivity contribution in [2.45, 2.75) is 44.0 Å². The smallest absolute Gasteiger partial charge is 0.0642 e. The third-order valence-electron chi connectivity index (χ3n) is 4.12. The lowest BCUT2D eigenvalue weighted by atomic mass is 10.1. The molecule has 1 N–H and O–H groups in total. The fraction of sp³-hybridized carbons (Fsp3) is 0.625. The first kappa shape index (κ1) is 14.6. The number of hydrogen-bond donors (Lipinski definition) is 1. The number of nitrogens with zero attached hydrogens (tertiary/aromatic N) is 1. The van der Waals surface area contributed by atoms with Crippen LogP contribution in [0.5, 0.6) is 0 Å². The summed E-state index contributed by atoms with van der Waals surface area (Å²) in [7, 11) is 0. The highest BCUT2D eigenvalue weighted by molar-refractivity contribution is 8.00. The number of nitrogens with one attached hydrogen (secondary N) is 1. The standard InChI is InChI=1S/C16H23ClN2S/c1-2-14-11-19(7-8-20-14)16-6-3-12(9-15(16)17)10-18-13-4-5-13/h3,6,9,13-14,18H,2,4-5,7-8,10-11H2,1H3. The van der Waals surface area contributed by atoms with Crippen LogP contribution in [0.15, 0.2) is 18.2 Å².